The Morgan fingerprint density at radius 2 is 1.93 bits per heavy atom. The highest BCUT2D eigenvalue weighted by Gasteiger charge is 2.04. The fourth-order valence-electron chi connectivity index (χ4n) is 1.58. The number of rotatable bonds is 6. The van der Waals surface area contributed by atoms with E-state index < -0.39 is 0 Å². The summed E-state index contributed by atoms with van der Waals surface area (Å²) in [5.41, 5.74) is 7.14. The number of hydrogen-bond donors (Lipinski definition) is 1. The number of hydrogen-bond acceptors (Lipinski definition) is 2. The van der Waals surface area contributed by atoms with Gasteiger partial charge in [-0.2, -0.15) is 0 Å². The van der Waals surface area contributed by atoms with Crippen molar-refractivity contribution in [1.29, 1.82) is 0 Å². The lowest BCUT2D eigenvalue weighted by molar-refractivity contribution is 0.270. The van der Waals surface area contributed by atoms with Crippen molar-refractivity contribution in [3.05, 3.63) is 35.9 Å². The summed E-state index contributed by atoms with van der Waals surface area (Å²) in [6.45, 7) is 7.47. The first kappa shape index (κ1) is 12.2. The molecule has 0 aliphatic carbocycles. The molecule has 0 saturated carbocycles. The molecule has 0 saturated heterocycles. The zero-order valence-electron chi connectivity index (χ0n) is 9.82. The molecule has 84 valence electrons. The predicted molar refractivity (Wildman–Crippen MR) is 65.7 cm³/mol. The molecule has 0 bridgehead atoms. The van der Waals surface area contributed by atoms with Gasteiger partial charge in [-0.05, 0) is 32.0 Å². The molecular formula is C13H22N2. The van der Waals surface area contributed by atoms with Gasteiger partial charge in [-0.1, -0.05) is 37.3 Å². The Morgan fingerprint density at radius 3 is 2.47 bits per heavy atom. The molecule has 0 spiro atoms. The number of nitrogens with zero attached hydrogens (tertiary/aromatic N) is 1. The van der Waals surface area contributed by atoms with Gasteiger partial charge in [-0.3, -0.25) is 4.90 Å². The molecule has 0 aliphatic rings. The van der Waals surface area contributed by atoms with Crippen LogP contribution in [-0.4, -0.2) is 24.0 Å². The Morgan fingerprint density at radius 1 is 1.27 bits per heavy atom. The van der Waals surface area contributed by atoms with Crippen LogP contribution in [0, 0.1) is 0 Å². The molecule has 0 aromatic heterocycles. The fourth-order valence-corrected chi connectivity index (χ4v) is 1.58. The molecule has 0 aliphatic heterocycles. The molecule has 1 rings (SSSR count). The standard InChI is InChI=1S/C13H22N2/c1-3-15(10-9-12(2)14)11-13-7-5-4-6-8-13/h4-8,12H,3,9-11,14H2,1-2H3. The van der Waals surface area contributed by atoms with Gasteiger partial charge in [0.15, 0.2) is 0 Å². The third-order valence-electron chi connectivity index (χ3n) is 2.60. The van der Waals surface area contributed by atoms with Crippen LogP contribution in [0.4, 0.5) is 0 Å². The Kier molecular flexibility index (Phi) is 5.37. The Hall–Kier alpha value is -0.860. The quantitative estimate of drug-likeness (QED) is 0.773. The van der Waals surface area contributed by atoms with Crippen LogP contribution in [0.2, 0.25) is 0 Å². The SMILES string of the molecule is CCN(CCC(C)N)Cc1ccccc1. The maximum atomic E-state index is 5.76. The lowest BCUT2D eigenvalue weighted by atomic mass is 10.2. The molecule has 0 amide bonds. The van der Waals surface area contributed by atoms with Gasteiger partial charge in [0.25, 0.3) is 0 Å². The molecule has 15 heavy (non-hydrogen) atoms. The molecule has 1 aromatic rings. The van der Waals surface area contributed by atoms with Crippen molar-refractivity contribution >= 4 is 0 Å². The molecular weight excluding hydrogens is 184 g/mol. The second kappa shape index (κ2) is 6.59. The summed E-state index contributed by atoms with van der Waals surface area (Å²) < 4.78 is 0. The first-order valence-electron chi connectivity index (χ1n) is 5.74. The van der Waals surface area contributed by atoms with Crippen molar-refractivity contribution in [2.45, 2.75) is 32.9 Å². The van der Waals surface area contributed by atoms with E-state index in [2.05, 4.69) is 49.1 Å². The normalized spacial score (nSPS) is 13.1. The van der Waals surface area contributed by atoms with E-state index in [0.717, 1.165) is 26.1 Å². The molecule has 2 N–H and O–H groups in total. The topological polar surface area (TPSA) is 29.3 Å². The highest BCUT2D eigenvalue weighted by molar-refractivity contribution is 5.14. The van der Waals surface area contributed by atoms with Crippen molar-refractivity contribution in [2.24, 2.45) is 5.73 Å². The minimum Gasteiger partial charge on any atom is -0.328 e. The molecule has 0 fully saturated rings. The van der Waals surface area contributed by atoms with E-state index >= 15 is 0 Å². The summed E-state index contributed by atoms with van der Waals surface area (Å²) in [6.07, 6.45) is 1.07. The van der Waals surface area contributed by atoms with Crippen molar-refractivity contribution in [1.82, 2.24) is 4.90 Å². The Bertz CT molecular complexity index is 256. The first-order valence-corrected chi connectivity index (χ1v) is 5.74. The largest absolute Gasteiger partial charge is 0.328 e. The summed E-state index contributed by atoms with van der Waals surface area (Å²) in [5.74, 6) is 0. The second-order valence-electron chi connectivity index (χ2n) is 4.12. The van der Waals surface area contributed by atoms with Crippen LogP contribution in [0.5, 0.6) is 0 Å². The average Bonchev–Trinajstić information content (AvgIpc) is 2.25. The van der Waals surface area contributed by atoms with Gasteiger partial charge in [0, 0.05) is 12.6 Å². The van der Waals surface area contributed by atoms with Gasteiger partial charge in [0.05, 0.1) is 0 Å². The summed E-state index contributed by atoms with van der Waals surface area (Å²) in [6, 6.07) is 10.9. The number of benzene rings is 1. The lowest BCUT2D eigenvalue weighted by Gasteiger charge is -2.21. The zero-order valence-corrected chi connectivity index (χ0v) is 9.82. The molecule has 1 atom stereocenters. The van der Waals surface area contributed by atoms with Gasteiger partial charge in [-0.15, -0.1) is 0 Å². The van der Waals surface area contributed by atoms with E-state index in [1.165, 1.54) is 5.56 Å². The van der Waals surface area contributed by atoms with Crippen LogP contribution in [0.15, 0.2) is 30.3 Å². The zero-order chi connectivity index (χ0) is 11.1. The Labute approximate surface area is 93.1 Å². The highest BCUT2D eigenvalue weighted by Crippen LogP contribution is 2.05. The van der Waals surface area contributed by atoms with Crippen molar-refractivity contribution in [3.63, 3.8) is 0 Å². The summed E-state index contributed by atoms with van der Waals surface area (Å²) in [7, 11) is 0. The van der Waals surface area contributed by atoms with Gasteiger partial charge < -0.3 is 5.73 Å². The van der Waals surface area contributed by atoms with Crippen LogP contribution in [0.1, 0.15) is 25.8 Å². The minimum atomic E-state index is 0.301. The van der Waals surface area contributed by atoms with Gasteiger partial charge in [0.1, 0.15) is 0 Å². The predicted octanol–water partition coefficient (Wildman–Crippen LogP) is 2.25. The van der Waals surface area contributed by atoms with E-state index in [9.17, 15) is 0 Å². The van der Waals surface area contributed by atoms with Crippen molar-refractivity contribution in [3.8, 4) is 0 Å². The fraction of sp³-hybridized carbons (Fsp3) is 0.538. The molecule has 2 nitrogen and oxygen atoms in total. The summed E-state index contributed by atoms with van der Waals surface area (Å²) in [5, 5.41) is 0. The van der Waals surface area contributed by atoms with Crippen molar-refractivity contribution in [2.75, 3.05) is 13.1 Å². The maximum Gasteiger partial charge on any atom is 0.0233 e. The first-order chi connectivity index (χ1) is 7.22. The molecule has 2 heteroatoms. The van der Waals surface area contributed by atoms with Gasteiger partial charge in [0.2, 0.25) is 0 Å². The van der Waals surface area contributed by atoms with Gasteiger partial charge in [-0.25, -0.2) is 0 Å². The van der Waals surface area contributed by atoms with Crippen LogP contribution >= 0.6 is 0 Å². The monoisotopic (exact) mass is 206 g/mol. The highest BCUT2D eigenvalue weighted by atomic mass is 15.1. The van der Waals surface area contributed by atoms with E-state index in [0.29, 0.717) is 6.04 Å². The minimum absolute atomic E-state index is 0.301. The third-order valence-corrected chi connectivity index (χ3v) is 2.60. The van der Waals surface area contributed by atoms with E-state index in [-0.39, 0.29) is 0 Å². The lowest BCUT2D eigenvalue weighted by Crippen LogP contribution is -2.28. The Balaban J connectivity index is 2.40. The van der Waals surface area contributed by atoms with E-state index in [1.807, 2.05) is 0 Å². The third kappa shape index (κ3) is 4.96. The second-order valence-corrected chi connectivity index (χ2v) is 4.12. The van der Waals surface area contributed by atoms with Crippen LogP contribution in [-0.2, 0) is 6.54 Å². The molecule has 1 aromatic carbocycles. The van der Waals surface area contributed by atoms with E-state index in [1.54, 1.807) is 0 Å². The van der Waals surface area contributed by atoms with Gasteiger partial charge >= 0.3 is 0 Å². The summed E-state index contributed by atoms with van der Waals surface area (Å²) >= 11 is 0. The molecule has 1 unspecified atom stereocenters. The molecule has 0 heterocycles. The maximum absolute atomic E-state index is 5.76. The average molecular weight is 206 g/mol. The number of nitrogens with two attached hydrogens (primary N) is 1. The smallest absolute Gasteiger partial charge is 0.0233 e. The van der Waals surface area contributed by atoms with Crippen LogP contribution < -0.4 is 5.73 Å². The van der Waals surface area contributed by atoms with E-state index in [4.69, 9.17) is 5.73 Å². The molecule has 0 radical (unpaired) electrons. The van der Waals surface area contributed by atoms with Crippen molar-refractivity contribution < 1.29 is 0 Å². The van der Waals surface area contributed by atoms with Crippen LogP contribution in [0.25, 0.3) is 0 Å². The van der Waals surface area contributed by atoms with Crippen LogP contribution in [0.3, 0.4) is 0 Å². The summed E-state index contributed by atoms with van der Waals surface area (Å²) in [4.78, 5) is 2.43.